The Bertz CT molecular complexity index is 1130. The molecule has 1 fully saturated rings. The standard InChI is InChI=1S/C30H34N2O4/c1-32-19-17-26(18-20-32)36-30(34)31-28-21-23(15-16-27(28)25-12-6-3-7-13-25)11-8-14-29(33)35-22-24-9-4-2-5-10-24/h2-7,9-10,12-13,15-16,21,26H,8,11,14,17-20,22H2,1H3,(H,31,34). The van der Waals surface area contributed by atoms with Crippen LogP contribution in [0.25, 0.3) is 11.1 Å². The molecule has 0 spiro atoms. The van der Waals surface area contributed by atoms with Crippen molar-refractivity contribution in [3.8, 4) is 11.1 Å². The molecule has 6 heteroatoms. The molecule has 0 bridgehead atoms. The minimum Gasteiger partial charge on any atom is -0.461 e. The molecule has 0 aromatic heterocycles. The van der Waals surface area contributed by atoms with Crippen LogP contribution in [0, 0.1) is 0 Å². The van der Waals surface area contributed by atoms with Crippen LogP contribution in [-0.2, 0) is 27.3 Å². The van der Waals surface area contributed by atoms with Crippen LogP contribution in [0.15, 0.2) is 78.9 Å². The molecule has 0 atom stereocenters. The Kier molecular flexibility index (Phi) is 9.11. The molecule has 1 N–H and O–H groups in total. The normalized spacial score (nSPS) is 14.2. The van der Waals surface area contributed by atoms with Crippen molar-refractivity contribution >= 4 is 17.7 Å². The van der Waals surface area contributed by atoms with Gasteiger partial charge in [0.2, 0.25) is 0 Å². The van der Waals surface area contributed by atoms with Gasteiger partial charge < -0.3 is 14.4 Å². The summed E-state index contributed by atoms with van der Waals surface area (Å²) >= 11 is 0. The fourth-order valence-corrected chi connectivity index (χ4v) is 4.36. The summed E-state index contributed by atoms with van der Waals surface area (Å²) in [6.07, 6.45) is 2.90. The molecule has 0 unspecified atom stereocenters. The Balaban J connectivity index is 1.36. The van der Waals surface area contributed by atoms with E-state index < -0.39 is 6.09 Å². The van der Waals surface area contributed by atoms with Crippen LogP contribution in [0.1, 0.15) is 36.8 Å². The molecule has 1 aliphatic heterocycles. The minimum atomic E-state index is -0.427. The fourth-order valence-electron chi connectivity index (χ4n) is 4.36. The maximum absolute atomic E-state index is 12.7. The number of likely N-dealkylation sites (tertiary alicyclic amines) is 1. The number of ether oxygens (including phenoxy) is 2. The number of amides is 1. The quantitative estimate of drug-likeness (QED) is 0.372. The molecule has 1 aliphatic rings. The molecule has 0 radical (unpaired) electrons. The van der Waals surface area contributed by atoms with Gasteiger partial charge in [-0.2, -0.15) is 0 Å². The van der Waals surface area contributed by atoms with Crippen molar-refractivity contribution < 1.29 is 19.1 Å². The molecule has 3 aromatic rings. The Labute approximate surface area is 213 Å². The van der Waals surface area contributed by atoms with Crippen molar-refractivity contribution in [2.75, 3.05) is 25.5 Å². The van der Waals surface area contributed by atoms with Gasteiger partial charge in [-0.1, -0.05) is 72.8 Å². The van der Waals surface area contributed by atoms with E-state index >= 15 is 0 Å². The summed E-state index contributed by atoms with van der Waals surface area (Å²) in [6.45, 7) is 2.14. The molecule has 0 aliphatic carbocycles. The number of carbonyl (C=O) groups is 2. The first-order valence-electron chi connectivity index (χ1n) is 12.6. The van der Waals surface area contributed by atoms with Crippen LogP contribution in [-0.4, -0.2) is 43.2 Å². The Morgan fingerprint density at radius 2 is 1.61 bits per heavy atom. The fraction of sp³-hybridized carbons (Fsp3) is 0.333. The van der Waals surface area contributed by atoms with Gasteiger partial charge in [-0.05, 0) is 55.5 Å². The lowest BCUT2D eigenvalue weighted by atomic mass is 9.99. The van der Waals surface area contributed by atoms with E-state index in [9.17, 15) is 9.59 Å². The highest BCUT2D eigenvalue weighted by Crippen LogP contribution is 2.30. The van der Waals surface area contributed by atoms with Gasteiger partial charge in [0.1, 0.15) is 12.7 Å². The Morgan fingerprint density at radius 1 is 0.917 bits per heavy atom. The average molecular weight is 487 g/mol. The lowest BCUT2D eigenvalue weighted by molar-refractivity contribution is -0.145. The van der Waals surface area contributed by atoms with Gasteiger partial charge in [0.05, 0.1) is 5.69 Å². The zero-order valence-electron chi connectivity index (χ0n) is 20.8. The number of hydrogen-bond acceptors (Lipinski definition) is 5. The van der Waals surface area contributed by atoms with Gasteiger partial charge in [-0.15, -0.1) is 0 Å². The third-order valence-corrected chi connectivity index (χ3v) is 6.43. The van der Waals surface area contributed by atoms with Crippen LogP contribution in [0.5, 0.6) is 0 Å². The minimum absolute atomic E-state index is 0.0635. The molecule has 1 amide bonds. The van der Waals surface area contributed by atoms with Crippen molar-refractivity contribution in [2.45, 2.75) is 44.8 Å². The predicted octanol–water partition coefficient (Wildman–Crippen LogP) is 6.06. The topological polar surface area (TPSA) is 67.9 Å². The second kappa shape index (κ2) is 12.9. The van der Waals surface area contributed by atoms with Crippen LogP contribution >= 0.6 is 0 Å². The summed E-state index contributed by atoms with van der Waals surface area (Å²) in [5, 5.41) is 2.98. The van der Waals surface area contributed by atoms with E-state index in [4.69, 9.17) is 9.47 Å². The molecule has 188 valence electrons. The molecule has 0 saturated carbocycles. The lowest BCUT2D eigenvalue weighted by Crippen LogP contribution is -2.36. The first-order chi connectivity index (χ1) is 17.6. The summed E-state index contributed by atoms with van der Waals surface area (Å²) in [5.41, 5.74) is 4.68. The molecule has 36 heavy (non-hydrogen) atoms. The van der Waals surface area contributed by atoms with Gasteiger partial charge in [0.25, 0.3) is 0 Å². The number of rotatable bonds is 9. The Hall–Kier alpha value is -3.64. The maximum atomic E-state index is 12.7. The number of nitrogens with zero attached hydrogens (tertiary/aromatic N) is 1. The number of aryl methyl sites for hydroxylation is 1. The number of nitrogens with one attached hydrogen (secondary N) is 1. The van der Waals surface area contributed by atoms with Gasteiger partial charge in [0, 0.05) is 25.1 Å². The number of anilines is 1. The molecule has 1 saturated heterocycles. The van der Waals surface area contributed by atoms with Crippen LogP contribution in [0.4, 0.5) is 10.5 Å². The highest BCUT2D eigenvalue weighted by Gasteiger charge is 2.21. The summed E-state index contributed by atoms with van der Waals surface area (Å²) in [6, 6.07) is 25.7. The second-order valence-corrected chi connectivity index (χ2v) is 9.28. The van der Waals surface area contributed by atoms with Crippen molar-refractivity contribution in [1.29, 1.82) is 0 Å². The number of carbonyl (C=O) groups excluding carboxylic acids is 2. The zero-order chi connectivity index (χ0) is 25.2. The first kappa shape index (κ1) is 25.5. The first-order valence-corrected chi connectivity index (χ1v) is 12.6. The third kappa shape index (κ3) is 7.68. The number of piperidine rings is 1. The summed E-state index contributed by atoms with van der Waals surface area (Å²) in [5.74, 6) is -0.209. The van der Waals surface area contributed by atoms with Gasteiger partial charge in [-0.3, -0.25) is 10.1 Å². The maximum Gasteiger partial charge on any atom is 0.411 e. The van der Waals surface area contributed by atoms with Gasteiger partial charge in [0.15, 0.2) is 0 Å². The van der Waals surface area contributed by atoms with Crippen LogP contribution < -0.4 is 5.32 Å². The predicted molar refractivity (Wildman–Crippen MR) is 142 cm³/mol. The van der Waals surface area contributed by atoms with E-state index in [0.29, 0.717) is 31.6 Å². The van der Waals surface area contributed by atoms with E-state index in [0.717, 1.165) is 48.2 Å². The van der Waals surface area contributed by atoms with Crippen molar-refractivity contribution in [3.05, 3.63) is 90.0 Å². The third-order valence-electron chi connectivity index (χ3n) is 6.43. The van der Waals surface area contributed by atoms with E-state index in [1.54, 1.807) is 0 Å². The SMILES string of the molecule is CN1CCC(OC(=O)Nc2cc(CCCC(=O)OCc3ccccc3)ccc2-c2ccccc2)CC1. The van der Waals surface area contributed by atoms with Gasteiger partial charge >= 0.3 is 12.1 Å². The molecular formula is C30H34N2O4. The molecule has 3 aromatic carbocycles. The second-order valence-electron chi connectivity index (χ2n) is 9.28. The van der Waals surface area contributed by atoms with Gasteiger partial charge in [-0.25, -0.2) is 4.79 Å². The smallest absolute Gasteiger partial charge is 0.411 e. The summed E-state index contributed by atoms with van der Waals surface area (Å²) in [4.78, 5) is 27.2. The number of benzene rings is 3. The summed E-state index contributed by atoms with van der Waals surface area (Å²) in [7, 11) is 2.08. The average Bonchev–Trinajstić information content (AvgIpc) is 2.90. The van der Waals surface area contributed by atoms with Crippen LogP contribution in [0.3, 0.4) is 0 Å². The van der Waals surface area contributed by atoms with E-state index in [-0.39, 0.29) is 12.1 Å². The van der Waals surface area contributed by atoms with Crippen molar-refractivity contribution in [2.24, 2.45) is 0 Å². The molecule has 4 rings (SSSR count). The molecule has 6 nitrogen and oxygen atoms in total. The number of esters is 1. The lowest BCUT2D eigenvalue weighted by Gasteiger charge is -2.28. The van der Waals surface area contributed by atoms with Crippen molar-refractivity contribution in [3.63, 3.8) is 0 Å². The largest absolute Gasteiger partial charge is 0.461 e. The zero-order valence-corrected chi connectivity index (χ0v) is 20.8. The molecule has 1 heterocycles. The molecular weight excluding hydrogens is 452 g/mol. The summed E-state index contributed by atoms with van der Waals surface area (Å²) < 4.78 is 11.1. The monoisotopic (exact) mass is 486 g/mol. The van der Waals surface area contributed by atoms with Crippen LogP contribution in [0.2, 0.25) is 0 Å². The highest BCUT2D eigenvalue weighted by molar-refractivity contribution is 5.91. The van der Waals surface area contributed by atoms with E-state index in [1.807, 2.05) is 78.9 Å². The number of hydrogen-bond donors (Lipinski definition) is 1. The van der Waals surface area contributed by atoms with E-state index in [1.165, 1.54) is 0 Å². The Morgan fingerprint density at radius 3 is 2.33 bits per heavy atom. The van der Waals surface area contributed by atoms with Crippen molar-refractivity contribution in [1.82, 2.24) is 4.90 Å². The van der Waals surface area contributed by atoms with E-state index in [2.05, 4.69) is 17.3 Å². The highest BCUT2D eigenvalue weighted by atomic mass is 16.6.